The molecular formula is C21H19N5O. The van der Waals surface area contributed by atoms with Gasteiger partial charge < -0.3 is 13.9 Å². The predicted molar refractivity (Wildman–Crippen MR) is 101 cm³/mol. The van der Waals surface area contributed by atoms with Crippen molar-refractivity contribution in [3.05, 3.63) is 89.9 Å². The monoisotopic (exact) mass is 357 g/mol. The minimum absolute atomic E-state index is 0.0491. The van der Waals surface area contributed by atoms with Crippen molar-refractivity contribution in [2.75, 3.05) is 0 Å². The normalized spacial score (nSPS) is 16.5. The van der Waals surface area contributed by atoms with Crippen molar-refractivity contribution in [1.29, 1.82) is 0 Å². The summed E-state index contributed by atoms with van der Waals surface area (Å²) in [5.41, 5.74) is 3.48. The topological polar surface area (TPSA) is 55.4 Å². The maximum Gasteiger partial charge on any atom is 0.275 e. The number of fused-ring (bicyclic) bond motifs is 2. The van der Waals surface area contributed by atoms with Gasteiger partial charge in [0.25, 0.3) is 5.91 Å². The van der Waals surface area contributed by atoms with Crippen LogP contribution >= 0.6 is 0 Å². The second-order valence-electron chi connectivity index (χ2n) is 6.95. The Labute approximate surface area is 156 Å². The van der Waals surface area contributed by atoms with Crippen LogP contribution in [0, 0.1) is 6.92 Å². The lowest BCUT2D eigenvalue weighted by Gasteiger charge is -2.36. The molecule has 1 unspecified atom stereocenters. The number of carbonyl (C=O) groups excluding carboxylic acids is 1. The molecule has 3 aromatic heterocycles. The van der Waals surface area contributed by atoms with E-state index in [1.54, 1.807) is 6.20 Å². The molecule has 0 aliphatic carbocycles. The van der Waals surface area contributed by atoms with Gasteiger partial charge in [-0.3, -0.25) is 4.79 Å². The standard InChI is InChI=1S/C21H19N5O/c1-15-7-8-19-23-17(12-25(19)11-15)21(27)26-14-20-22-9-10-24(20)13-18(26)16-5-3-2-4-6-16/h2-12,18H,13-14H2,1H3. The van der Waals surface area contributed by atoms with Crippen LogP contribution in [-0.2, 0) is 13.1 Å². The highest BCUT2D eigenvalue weighted by atomic mass is 16.2. The summed E-state index contributed by atoms with van der Waals surface area (Å²) in [6.45, 7) is 3.19. The van der Waals surface area contributed by atoms with Gasteiger partial charge >= 0.3 is 0 Å². The number of benzene rings is 1. The van der Waals surface area contributed by atoms with E-state index in [-0.39, 0.29) is 11.9 Å². The SMILES string of the molecule is Cc1ccc2nc(C(=O)N3Cc4nccn4CC3c3ccccc3)cn2c1. The maximum absolute atomic E-state index is 13.4. The zero-order valence-electron chi connectivity index (χ0n) is 15.0. The van der Waals surface area contributed by atoms with Gasteiger partial charge in [0.1, 0.15) is 17.2 Å². The number of aryl methyl sites for hydroxylation is 1. The van der Waals surface area contributed by atoms with E-state index in [0.717, 1.165) is 22.6 Å². The molecule has 0 N–H and O–H groups in total. The molecule has 0 bridgehead atoms. The molecule has 1 atom stereocenters. The second kappa shape index (κ2) is 6.09. The van der Waals surface area contributed by atoms with Crippen LogP contribution in [0.5, 0.6) is 0 Å². The van der Waals surface area contributed by atoms with Crippen LogP contribution in [0.25, 0.3) is 5.65 Å². The Morgan fingerprint density at radius 1 is 1.11 bits per heavy atom. The summed E-state index contributed by atoms with van der Waals surface area (Å²) in [5, 5.41) is 0. The highest BCUT2D eigenvalue weighted by Crippen LogP contribution is 2.30. The molecule has 4 aromatic rings. The van der Waals surface area contributed by atoms with Crippen molar-refractivity contribution >= 4 is 11.6 Å². The summed E-state index contributed by atoms with van der Waals surface area (Å²) in [6, 6.07) is 14.0. The average molecular weight is 357 g/mol. The van der Waals surface area contributed by atoms with E-state index in [1.807, 2.05) is 65.1 Å². The Morgan fingerprint density at radius 2 is 1.96 bits per heavy atom. The van der Waals surface area contributed by atoms with E-state index in [9.17, 15) is 4.79 Å². The fourth-order valence-corrected chi connectivity index (χ4v) is 3.73. The van der Waals surface area contributed by atoms with Crippen LogP contribution in [0.2, 0.25) is 0 Å². The molecule has 1 aliphatic rings. The minimum Gasteiger partial charge on any atom is -0.331 e. The van der Waals surface area contributed by atoms with Gasteiger partial charge in [0, 0.05) is 31.3 Å². The van der Waals surface area contributed by atoms with Crippen LogP contribution in [0.1, 0.15) is 33.5 Å². The predicted octanol–water partition coefficient (Wildman–Crippen LogP) is 3.24. The number of imidazole rings is 2. The van der Waals surface area contributed by atoms with Crippen LogP contribution in [-0.4, -0.2) is 29.7 Å². The molecule has 5 rings (SSSR count). The smallest absolute Gasteiger partial charge is 0.275 e. The van der Waals surface area contributed by atoms with Gasteiger partial charge in [0.2, 0.25) is 0 Å². The largest absolute Gasteiger partial charge is 0.331 e. The van der Waals surface area contributed by atoms with Gasteiger partial charge in [0.15, 0.2) is 0 Å². The van der Waals surface area contributed by atoms with Crippen molar-refractivity contribution < 1.29 is 4.79 Å². The molecule has 27 heavy (non-hydrogen) atoms. The van der Waals surface area contributed by atoms with Crippen molar-refractivity contribution in [3.8, 4) is 0 Å². The highest BCUT2D eigenvalue weighted by molar-refractivity contribution is 5.93. The molecule has 4 heterocycles. The van der Waals surface area contributed by atoms with Gasteiger partial charge in [-0.15, -0.1) is 0 Å². The molecular weight excluding hydrogens is 338 g/mol. The third-order valence-electron chi connectivity index (χ3n) is 5.12. The number of nitrogens with zero attached hydrogens (tertiary/aromatic N) is 5. The summed E-state index contributed by atoms with van der Waals surface area (Å²) >= 11 is 0. The quantitative estimate of drug-likeness (QED) is 0.553. The van der Waals surface area contributed by atoms with E-state index < -0.39 is 0 Å². The number of pyridine rings is 1. The Hall–Kier alpha value is -3.41. The fourth-order valence-electron chi connectivity index (χ4n) is 3.73. The van der Waals surface area contributed by atoms with E-state index in [0.29, 0.717) is 18.8 Å². The molecule has 0 spiro atoms. The first kappa shape index (κ1) is 15.8. The second-order valence-corrected chi connectivity index (χ2v) is 6.95. The summed E-state index contributed by atoms with van der Waals surface area (Å²) in [4.78, 5) is 24.2. The fraction of sp³-hybridized carbons (Fsp3) is 0.190. The Kier molecular flexibility index (Phi) is 3.57. The molecule has 6 heteroatoms. The lowest BCUT2D eigenvalue weighted by molar-refractivity contribution is 0.0579. The van der Waals surface area contributed by atoms with Crippen LogP contribution < -0.4 is 0 Å². The Morgan fingerprint density at radius 3 is 2.81 bits per heavy atom. The first-order valence-electron chi connectivity index (χ1n) is 9.00. The lowest BCUT2D eigenvalue weighted by atomic mass is 10.0. The summed E-state index contributed by atoms with van der Waals surface area (Å²) in [5.74, 6) is 0.828. The van der Waals surface area contributed by atoms with Gasteiger partial charge in [-0.1, -0.05) is 36.4 Å². The highest BCUT2D eigenvalue weighted by Gasteiger charge is 2.33. The molecule has 0 fully saturated rings. The molecule has 0 saturated carbocycles. The van der Waals surface area contributed by atoms with Gasteiger partial charge in [0.05, 0.1) is 12.6 Å². The Balaban J connectivity index is 1.56. The molecule has 6 nitrogen and oxygen atoms in total. The summed E-state index contributed by atoms with van der Waals surface area (Å²) in [7, 11) is 0. The average Bonchev–Trinajstić information content (AvgIpc) is 3.32. The van der Waals surface area contributed by atoms with E-state index in [1.165, 1.54) is 0 Å². The van der Waals surface area contributed by atoms with Gasteiger partial charge in [-0.2, -0.15) is 0 Å². The van der Waals surface area contributed by atoms with E-state index in [4.69, 9.17) is 0 Å². The van der Waals surface area contributed by atoms with Crippen molar-refractivity contribution in [3.63, 3.8) is 0 Å². The van der Waals surface area contributed by atoms with Crippen molar-refractivity contribution in [2.45, 2.75) is 26.1 Å². The molecule has 1 amide bonds. The van der Waals surface area contributed by atoms with Crippen LogP contribution in [0.15, 0.2) is 67.3 Å². The third kappa shape index (κ3) is 2.70. The zero-order valence-corrected chi connectivity index (χ0v) is 15.0. The minimum atomic E-state index is -0.0699. The van der Waals surface area contributed by atoms with Gasteiger partial charge in [-0.25, -0.2) is 9.97 Å². The number of hydrogen-bond donors (Lipinski definition) is 0. The zero-order chi connectivity index (χ0) is 18.4. The molecule has 1 aliphatic heterocycles. The number of rotatable bonds is 2. The van der Waals surface area contributed by atoms with Crippen LogP contribution in [0.3, 0.4) is 0 Å². The van der Waals surface area contributed by atoms with Crippen LogP contribution in [0.4, 0.5) is 0 Å². The number of amides is 1. The van der Waals surface area contributed by atoms with E-state index >= 15 is 0 Å². The summed E-state index contributed by atoms with van der Waals surface area (Å²) in [6.07, 6.45) is 7.56. The molecule has 1 aromatic carbocycles. The molecule has 0 radical (unpaired) electrons. The van der Waals surface area contributed by atoms with Crippen molar-refractivity contribution in [1.82, 2.24) is 23.8 Å². The lowest BCUT2D eigenvalue weighted by Crippen LogP contribution is -2.41. The molecule has 134 valence electrons. The number of carbonyl (C=O) groups is 1. The van der Waals surface area contributed by atoms with Crippen molar-refractivity contribution in [2.24, 2.45) is 0 Å². The Bertz CT molecular complexity index is 1130. The third-order valence-corrected chi connectivity index (χ3v) is 5.12. The summed E-state index contributed by atoms with van der Waals surface area (Å²) < 4.78 is 4.03. The number of aromatic nitrogens is 4. The van der Waals surface area contributed by atoms with E-state index in [2.05, 4.69) is 26.7 Å². The van der Waals surface area contributed by atoms with Gasteiger partial charge in [-0.05, 0) is 24.1 Å². The first-order chi connectivity index (χ1) is 13.2. The molecule has 0 saturated heterocycles. The number of hydrogen-bond acceptors (Lipinski definition) is 3. The first-order valence-corrected chi connectivity index (χ1v) is 9.00. The maximum atomic E-state index is 13.4.